The van der Waals surface area contributed by atoms with Gasteiger partial charge in [0.25, 0.3) is 0 Å². The van der Waals surface area contributed by atoms with Gasteiger partial charge in [0.05, 0.1) is 12.2 Å². The zero-order chi connectivity index (χ0) is 20.9. The molecule has 1 aliphatic heterocycles. The van der Waals surface area contributed by atoms with E-state index in [9.17, 15) is 9.59 Å². The summed E-state index contributed by atoms with van der Waals surface area (Å²) in [5.74, 6) is 0.611. The van der Waals surface area contributed by atoms with Crippen molar-refractivity contribution in [2.45, 2.75) is 25.8 Å². The normalized spacial score (nSPS) is 15.8. The highest BCUT2D eigenvalue weighted by atomic mass is 16.2. The van der Waals surface area contributed by atoms with Crippen LogP contribution in [0.1, 0.15) is 29.2 Å². The van der Waals surface area contributed by atoms with Crippen molar-refractivity contribution in [1.82, 2.24) is 15.3 Å². The maximum Gasteiger partial charge on any atom is 0.320 e. The number of amides is 3. The Balaban J connectivity index is 1.40. The van der Waals surface area contributed by atoms with E-state index in [-0.39, 0.29) is 17.9 Å². The minimum Gasteiger partial charge on any atom is -0.332 e. The Kier molecular flexibility index (Phi) is 5.70. The van der Waals surface area contributed by atoms with Crippen molar-refractivity contribution in [2.75, 3.05) is 16.8 Å². The summed E-state index contributed by atoms with van der Waals surface area (Å²) in [6, 6.07) is 16.9. The zero-order valence-corrected chi connectivity index (χ0v) is 16.7. The lowest BCUT2D eigenvalue weighted by atomic mass is 9.97. The van der Waals surface area contributed by atoms with Gasteiger partial charge < -0.3 is 10.2 Å². The molecule has 0 radical (unpaired) electrons. The molecule has 1 aliphatic rings. The first-order chi connectivity index (χ1) is 14.6. The van der Waals surface area contributed by atoms with Crippen LogP contribution in [0.3, 0.4) is 0 Å². The molecule has 0 aliphatic carbocycles. The molecule has 1 atom stereocenters. The summed E-state index contributed by atoms with van der Waals surface area (Å²) in [6.45, 7) is 2.98. The smallest absolute Gasteiger partial charge is 0.320 e. The molecular weight excluding hydrogens is 378 g/mol. The number of nitrogens with zero attached hydrogens (tertiary/aromatic N) is 3. The van der Waals surface area contributed by atoms with Crippen molar-refractivity contribution in [3.8, 4) is 0 Å². The predicted molar refractivity (Wildman–Crippen MR) is 115 cm³/mol. The Bertz CT molecular complexity index is 1050. The van der Waals surface area contributed by atoms with Gasteiger partial charge >= 0.3 is 6.03 Å². The number of nitrogens with one attached hydrogen (secondary N) is 2. The Labute approximate surface area is 175 Å². The average molecular weight is 401 g/mol. The maximum absolute atomic E-state index is 12.6. The lowest BCUT2D eigenvalue weighted by Crippen LogP contribution is -2.29. The first-order valence-electron chi connectivity index (χ1n) is 9.86. The van der Waals surface area contributed by atoms with Gasteiger partial charge in [-0.3, -0.25) is 15.1 Å². The minimum absolute atomic E-state index is 0.0678. The first-order valence-corrected chi connectivity index (χ1v) is 9.86. The molecule has 1 saturated heterocycles. The number of hydrogen-bond acceptors (Lipinski definition) is 4. The van der Waals surface area contributed by atoms with E-state index >= 15 is 0 Å². The third-order valence-corrected chi connectivity index (χ3v) is 5.09. The minimum atomic E-state index is -0.379. The van der Waals surface area contributed by atoms with Crippen LogP contribution in [0.4, 0.5) is 16.3 Å². The fraction of sp³-hybridized carbons (Fsp3) is 0.217. The van der Waals surface area contributed by atoms with Crippen LogP contribution in [0.5, 0.6) is 0 Å². The van der Waals surface area contributed by atoms with Gasteiger partial charge in [-0.25, -0.2) is 9.78 Å². The van der Waals surface area contributed by atoms with Crippen molar-refractivity contribution in [1.29, 1.82) is 0 Å². The molecule has 3 heterocycles. The van der Waals surface area contributed by atoms with Gasteiger partial charge in [0, 0.05) is 43.0 Å². The summed E-state index contributed by atoms with van der Waals surface area (Å²) in [6.07, 6.45) is 3.74. The number of aromatic nitrogens is 2. The highest BCUT2D eigenvalue weighted by molar-refractivity contribution is 5.97. The molecule has 152 valence electrons. The first kappa shape index (κ1) is 19.6. The van der Waals surface area contributed by atoms with Crippen molar-refractivity contribution < 1.29 is 9.59 Å². The molecule has 3 aromatic rings. The Hall–Kier alpha value is -3.74. The molecule has 30 heavy (non-hydrogen) atoms. The molecule has 7 heteroatoms. The number of rotatable bonds is 5. The van der Waals surface area contributed by atoms with Crippen molar-refractivity contribution >= 4 is 23.4 Å². The molecule has 1 unspecified atom stereocenters. The van der Waals surface area contributed by atoms with Crippen LogP contribution in [0, 0.1) is 6.92 Å². The standard InChI is InChI=1S/C23H23N5O2/c1-16-5-4-6-17(11-16)18-12-22(29)28(15-18)20-8-10-25-21(13-20)27-23(30)26-14-19-7-2-3-9-24-19/h2-11,13,18H,12,14-15H2,1H3,(H2,25,26,27,30). The van der Waals surface area contributed by atoms with Crippen LogP contribution in [-0.2, 0) is 11.3 Å². The van der Waals surface area contributed by atoms with Gasteiger partial charge in [0.1, 0.15) is 5.82 Å². The van der Waals surface area contributed by atoms with Crippen LogP contribution in [0.2, 0.25) is 0 Å². The Morgan fingerprint density at radius 2 is 2.00 bits per heavy atom. The van der Waals surface area contributed by atoms with E-state index in [2.05, 4.69) is 45.7 Å². The Morgan fingerprint density at radius 3 is 2.80 bits per heavy atom. The van der Waals surface area contributed by atoms with E-state index in [1.807, 2.05) is 24.3 Å². The molecule has 4 rings (SSSR count). The summed E-state index contributed by atoms with van der Waals surface area (Å²) in [5, 5.41) is 5.46. The number of hydrogen-bond donors (Lipinski definition) is 2. The lowest BCUT2D eigenvalue weighted by molar-refractivity contribution is -0.117. The monoisotopic (exact) mass is 401 g/mol. The van der Waals surface area contributed by atoms with Crippen LogP contribution in [0.15, 0.2) is 67.0 Å². The molecule has 0 bridgehead atoms. The highest BCUT2D eigenvalue weighted by Crippen LogP contribution is 2.32. The number of urea groups is 1. The quantitative estimate of drug-likeness (QED) is 0.683. The molecule has 0 saturated carbocycles. The second-order valence-corrected chi connectivity index (χ2v) is 7.35. The number of pyridine rings is 2. The molecule has 1 fully saturated rings. The largest absolute Gasteiger partial charge is 0.332 e. The zero-order valence-electron chi connectivity index (χ0n) is 16.7. The van der Waals surface area contributed by atoms with E-state index in [1.165, 1.54) is 11.1 Å². The topological polar surface area (TPSA) is 87.2 Å². The maximum atomic E-state index is 12.6. The fourth-order valence-electron chi connectivity index (χ4n) is 3.59. The summed E-state index contributed by atoms with van der Waals surface area (Å²) < 4.78 is 0. The molecule has 1 aromatic carbocycles. The van der Waals surface area contributed by atoms with Crippen LogP contribution < -0.4 is 15.5 Å². The molecule has 2 aromatic heterocycles. The van der Waals surface area contributed by atoms with E-state index in [1.54, 1.807) is 29.4 Å². The number of benzene rings is 1. The second kappa shape index (κ2) is 8.73. The molecule has 0 spiro atoms. The van der Waals surface area contributed by atoms with Gasteiger partial charge in [-0.2, -0.15) is 0 Å². The molecular formula is C23H23N5O2. The third kappa shape index (κ3) is 4.63. The van der Waals surface area contributed by atoms with Gasteiger partial charge in [-0.05, 0) is 30.7 Å². The summed E-state index contributed by atoms with van der Waals surface area (Å²) in [7, 11) is 0. The van der Waals surface area contributed by atoms with Gasteiger partial charge in [-0.1, -0.05) is 35.9 Å². The Morgan fingerprint density at radius 1 is 1.10 bits per heavy atom. The highest BCUT2D eigenvalue weighted by Gasteiger charge is 2.31. The van der Waals surface area contributed by atoms with Crippen molar-refractivity contribution in [2.24, 2.45) is 0 Å². The van der Waals surface area contributed by atoms with Crippen molar-refractivity contribution in [3.05, 3.63) is 83.8 Å². The second-order valence-electron chi connectivity index (χ2n) is 7.35. The number of carbonyl (C=O) groups excluding carboxylic acids is 2. The molecule has 2 N–H and O–H groups in total. The van der Waals surface area contributed by atoms with Gasteiger partial charge in [0.15, 0.2) is 0 Å². The molecule has 3 amide bonds. The van der Waals surface area contributed by atoms with Crippen molar-refractivity contribution in [3.63, 3.8) is 0 Å². The van der Waals surface area contributed by atoms with E-state index < -0.39 is 0 Å². The summed E-state index contributed by atoms with van der Waals surface area (Å²) >= 11 is 0. The van der Waals surface area contributed by atoms with Crippen LogP contribution >= 0.6 is 0 Å². The predicted octanol–water partition coefficient (Wildman–Crippen LogP) is 3.63. The SMILES string of the molecule is Cc1cccc(C2CC(=O)N(c3ccnc(NC(=O)NCc4ccccn4)c3)C2)c1. The molecule has 7 nitrogen and oxygen atoms in total. The summed E-state index contributed by atoms with van der Waals surface area (Å²) in [4.78, 5) is 34.9. The van der Waals surface area contributed by atoms with E-state index in [4.69, 9.17) is 0 Å². The van der Waals surface area contributed by atoms with E-state index in [0.717, 1.165) is 11.4 Å². The van der Waals surface area contributed by atoms with Gasteiger partial charge in [0.2, 0.25) is 5.91 Å². The fourth-order valence-corrected chi connectivity index (χ4v) is 3.59. The summed E-state index contributed by atoms with van der Waals surface area (Å²) in [5.41, 5.74) is 3.85. The van der Waals surface area contributed by atoms with Gasteiger partial charge in [-0.15, -0.1) is 0 Å². The van der Waals surface area contributed by atoms with Crippen LogP contribution in [0.25, 0.3) is 0 Å². The van der Waals surface area contributed by atoms with Crippen LogP contribution in [-0.4, -0.2) is 28.5 Å². The number of anilines is 2. The van der Waals surface area contributed by atoms with E-state index in [0.29, 0.717) is 25.3 Å². The number of aryl methyl sites for hydroxylation is 1. The third-order valence-electron chi connectivity index (χ3n) is 5.09. The lowest BCUT2D eigenvalue weighted by Gasteiger charge is -2.18. The number of carbonyl (C=O) groups is 2. The average Bonchev–Trinajstić information content (AvgIpc) is 3.15.